The Balaban J connectivity index is 0.00000192. The molecule has 0 spiro atoms. The molecule has 2 aromatic heterocycles. The van der Waals surface area contributed by atoms with Crippen molar-refractivity contribution >= 4 is 33.7 Å². The average molecular weight is 359 g/mol. The molecule has 1 fully saturated rings. The smallest absolute Gasteiger partial charge is 0.272 e. The van der Waals surface area contributed by atoms with Crippen LogP contribution in [0.15, 0.2) is 29.6 Å². The molecular formula is C14H19ClN4O3S. The molecule has 1 saturated heterocycles. The minimum atomic E-state index is -3.51. The first-order valence-electron chi connectivity index (χ1n) is 7.15. The summed E-state index contributed by atoms with van der Waals surface area (Å²) in [5, 5.41) is 6.00. The van der Waals surface area contributed by atoms with Gasteiger partial charge in [-0.25, -0.2) is 13.4 Å². The number of aromatic nitrogens is 2. The molecule has 3 rings (SSSR count). The number of sulfone groups is 1. The Morgan fingerprint density at radius 1 is 1.48 bits per heavy atom. The van der Waals surface area contributed by atoms with E-state index in [1.165, 1.54) is 4.40 Å². The van der Waals surface area contributed by atoms with Crippen LogP contribution < -0.4 is 10.6 Å². The minimum absolute atomic E-state index is 0. The zero-order chi connectivity index (χ0) is 15.7. The number of halogens is 1. The highest BCUT2D eigenvalue weighted by Gasteiger charge is 2.23. The minimum Gasteiger partial charge on any atom is -0.349 e. The van der Waals surface area contributed by atoms with Crippen molar-refractivity contribution in [3.63, 3.8) is 0 Å². The van der Waals surface area contributed by atoms with E-state index in [0.29, 0.717) is 12.1 Å². The molecule has 1 aliphatic heterocycles. The summed E-state index contributed by atoms with van der Waals surface area (Å²) in [6, 6.07) is 5.41. The molecule has 0 radical (unpaired) electrons. The zero-order valence-electron chi connectivity index (χ0n) is 12.7. The van der Waals surface area contributed by atoms with Crippen molar-refractivity contribution in [3.8, 4) is 0 Å². The molecule has 1 atom stereocenters. The van der Waals surface area contributed by atoms with Crippen LogP contribution >= 0.6 is 12.4 Å². The van der Waals surface area contributed by atoms with Crippen LogP contribution in [0.1, 0.15) is 23.3 Å². The summed E-state index contributed by atoms with van der Waals surface area (Å²) < 4.78 is 25.1. The van der Waals surface area contributed by atoms with E-state index in [4.69, 9.17) is 0 Å². The lowest BCUT2D eigenvalue weighted by Crippen LogP contribution is -2.37. The molecule has 3 heterocycles. The molecule has 7 nitrogen and oxygen atoms in total. The summed E-state index contributed by atoms with van der Waals surface area (Å²) in [7, 11) is -3.51. The second-order valence-corrected chi connectivity index (χ2v) is 7.38. The molecular weight excluding hydrogens is 340 g/mol. The summed E-state index contributed by atoms with van der Waals surface area (Å²) in [5.74, 6) is -0.354. The molecule has 126 valence electrons. The fraction of sp³-hybridized carbons (Fsp3) is 0.429. The number of imidazole rings is 1. The van der Waals surface area contributed by atoms with Crippen LogP contribution in [-0.2, 0) is 9.84 Å². The van der Waals surface area contributed by atoms with E-state index in [1.54, 1.807) is 24.4 Å². The van der Waals surface area contributed by atoms with Gasteiger partial charge in [0.2, 0.25) is 15.0 Å². The van der Waals surface area contributed by atoms with Gasteiger partial charge in [0.1, 0.15) is 0 Å². The van der Waals surface area contributed by atoms with Crippen molar-refractivity contribution in [2.24, 2.45) is 0 Å². The van der Waals surface area contributed by atoms with Gasteiger partial charge >= 0.3 is 0 Å². The summed E-state index contributed by atoms with van der Waals surface area (Å²) in [5.41, 5.74) is 0.624. The zero-order valence-corrected chi connectivity index (χ0v) is 14.3. The van der Waals surface area contributed by atoms with Gasteiger partial charge in [0, 0.05) is 25.0 Å². The highest BCUT2D eigenvalue weighted by Crippen LogP contribution is 2.17. The van der Waals surface area contributed by atoms with E-state index < -0.39 is 9.84 Å². The molecule has 2 N–H and O–H groups in total. The number of pyridine rings is 1. The highest BCUT2D eigenvalue weighted by molar-refractivity contribution is 7.90. The molecule has 2 aromatic rings. The number of hydrogen-bond acceptors (Lipinski definition) is 5. The van der Waals surface area contributed by atoms with Crippen LogP contribution in [-0.4, -0.2) is 49.1 Å². The number of carbonyl (C=O) groups excluding carboxylic acids is 1. The van der Waals surface area contributed by atoms with Gasteiger partial charge in [-0.15, -0.1) is 12.4 Å². The molecule has 1 amide bonds. The van der Waals surface area contributed by atoms with Crippen LogP contribution in [0.4, 0.5) is 0 Å². The maximum atomic E-state index is 12.3. The largest absolute Gasteiger partial charge is 0.349 e. The topological polar surface area (TPSA) is 92.6 Å². The van der Waals surface area contributed by atoms with Gasteiger partial charge in [-0.1, -0.05) is 6.07 Å². The third-order valence-electron chi connectivity index (χ3n) is 3.73. The maximum Gasteiger partial charge on any atom is 0.272 e. The van der Waals surface area contributed by atoms with Gasteiger partial charge in [-0.2, -0.15) is 0 Å². The fourth-order valence-corrected chi connectivity index (χ4v) is 3.44. The van der Waals surface area contributed by atoms with Crippen molar-refractivity contribution in [2.45, 2.75) is 24.0 Å². The molecule has 1 aliphatic rings. The molecule has 9 heteroatoms. The van der Waals surface area contributed by atoms with E-state index in [2.05, 4.69) is 15.6 Å². The van der Waals surface area contributed by atoms with E-state index in [0.717, 1.165) is 25.6 Å². The van der Waals surface area contributed by atoms with Crippen molar-refractivity contribution in [2.75, 3.05) is 19.3 Å². The quantitative estimate of drug-likeness (QED) is 0.836. The number of nitrogens with one attached hydrogen (secondary N) is 2. The van der Waals surface area contributed by atoms with Crippen LogP contribution in [0.3, 0.4) is 0 Å². The van der Waals surface area contributed by atoms with Crippen molar-refractivity contribution < 1.29 is 13.2 Å². The Labute approximate surface area is 140 Å². The summed E-state index contributed by atoms with van der Waals surface area (Å²) in [4.78, 5) is 16.4. The predicted molar refractivity (Wildman–Crippen MR) is 88.9 cm³/mol. The highest BCUT2D eigenvalue weighted by atomic mass is 35.5. The number of fused-ring (bicyclic) bond motifs is 1. The summed E-state index contributed by atoms with van der Waals surface area (Å²) in [6.45, 7) is 1.48. The lowest BCUT2D eigenvalue weighted by Gasteiger charge is -2.10. The first-order chi connectivity index (χ1) is 10.5. The summed E-state index contributed by atoms with van der Waals surface area (Å²) in [6.07, 6.45) is 4.80. The Bertz CT molecular complexity index is 813. The second kappa shape index (κ2) is 6.86. The first-order valence-corrected chi connectivity index (χ1v) is 9.04. The molecule has 0 saturated carbocycles. The Morgan fingerprint density at radius 2 is 2.26 bits per heavy atom. The Kier molecular flexibility index (Phi) is 5.28. The SMILES string of the molecule is CS(=O)(=O)c1nc(C(=O)NCC2CCCN2)c2ccccn12.Cl. The normalized spacial score (nSPS) is 17.9. The third kappa shape index (κ3) is 3.65. The molecule has 0 aliphatic carbocycles. The standard InChI is InChI=1S/C14H18N4O3S.ClH/c1-22(20,21)14-17-12(11-6-2-3-8-18(11)14)13(19)16-9-10-5-4-7-15-10;/h2-3,6,8,10,15H,4-5,7,9H2,1H3,(H,16,19);1H. The fourth-order valence-electron chi connectivity index (χ4n) is 2.67. The molecule has 0 bridgehead atoms. The third-order valence-corrected chi connectivity index (χ3v) is 4.69. The van der Waals surface area contributed by atoms with Gasteiger partial charge in [-0.05, 0) is 31.5 Å². The number of nitrogens with zero attached hydrogens (tertiary/aromatic N) is 2. The van der Waals surface area contributed by atoms with Gasteiger partial charge in [0.25, 0.3) is 5.91 Å². The van der Waals surface area contributed by atoms with Gasteiger partial charge in [-0.3, -0.25) is 9.20 Å². The average Bonchev–Trinajstić information content (AvgIpc) is 3.11. The van der Waals surface area contributed by atoms with Gasteiger partial charge in [0.15, 0.2) is 5.69 Å². The summed E-state index contributed by atoms with van der Waals surface area (Å²) >= 11 is 0. The lowest BCUT2D eigenvalue weighted by molar-refractivity contribution is 0.0947. The monoisotopic (exact) mass is 358 g/mol. The van der Waals surface area contributed by atoms with Crippen molar-refractivity contribution in [1.29, 1.82) is 0 Å². The van der Waals surface area contributed by atoms with E-state index >= 15 is 0 Å². The number of hydrogen-bond donors (Lipinski definition) is 2. The number of amides is 1. The number of rotatable bonds is 4. The van der Waals surface area contributed by atoms with Crippen LogP contribution in [0.2, 0.25) is 0 Å². The van der Waals surface area contributed by atoms with Crippen molar-refractivity contribution in [3.05, 3.63) is 30.1 Å². The Morgan fingerprint density at radius 3 is 2.91 bits per heavy atom. The van der Waals surface area contributed by atoms with E-state index in [1.807, 2.05) is 0 Å². The molecule has 23 heavy (non-hydrogen) atoms. The van der Waals surface area contributed by atoms with Gasteiger partial charge < -0.3 is 10.6 Å². The predicted octanol–water partition coefficient (Wildman–Crippen LogP) is 0.641. The first kappa shape index (κ1) is 17.7. The van der Waals surface area contributed by atoms with E-state index in [9.17, 15) is 13.2 Å². The number of carbonyl (C=O) groups is 1. The van der Waals surface area contributed by atoms with E-state index in [-0.39, 0.29) is 35.2 Å². The van der Waals surface area contributed by atoms with Gasteiger partial charge in [0.05, 0.1) is 5.52 Å². The van der Waals surface area contributed by atoms with Crippen LogP contribution in [0.25, 0.3) is 5.52 Å². The molecule has 1 unspecified atom stereocenters. The van der Waals surface area contributed by atoms with Crippen molar-refractivity contribution in [1.82, 2.24) is 20.0 Å². The lowest BCUT2D eigenvalue weighted by atomic mass is 10.2. The maximum absolute atomic E-state index is 12.3. The van der Waals surface area contributed by atoms with Crippen LogP contribution in [0, 0.1) is 0 Å². The second-order valence-electron chi connectivity index (χ2n) is 5.47. The Hall–Kier alpha value is -1.64. The molecule has 0 aromatic carbocycles. The van der Waals surface area contributed by atoms with Crippen LogP contribution in [0.5, 0.6) is 0 Å².